The van der Waals surface area contributed by atoms with Gasteiger partial charge in [-0.15, -0.1) is 0 Å². The van der Waals surface area contributed by atoms with Gasteiger partial charge in [0.2, 0.25) is 0 Å². The average Bonchev–Trinajstić information content (AvgIpc) is 2.48. The van der Waals surface area contributed by atoms with Gasteiger partial charge in [-0.25, -0.2) is 4.79 Å². The number of benzene rings is 1. The van der Waals surface area contributed by atoms with Crippen molar-refractivity contribution in [2.75, 3.05) is 20.1 Å². The molecular weight excluding hydrogens is 286 g/mol. The zero-order valence-corrected chi connectivity index (χ0v) is 13.2. The number of rotatable bonds is 2. The molecule has 3 nitrogen and oxygen atoms in total. The first-order chi connectivity index (χ1) is 10.1. The predicted octanol–water partition coefficient (Wildman–Crippen LogP) is 3.62. The fourth-order valence-corrected chi connectivity index (χ4v) is 3.84. The number of carbonyl (C=O) groups is 1. The number of fused-ring (bicyclic) bond motifs is 1. The Morgan fingerprint density at radius 2 is 2.00 bits per heavy atom. The Kier molecular flexibility index (Phi) is 4.51. The molecule has 0 aromatic heterocycles. The van der Waals surface area contributed by atoms with Crippen LogP contribution in [-0.2, 0) is 4.74 Å². The Morgan fingerprint density at radius 1 is 1.24 bits per heavy atom. The molecule has 1 heterocycles. The standard InChI is InChI=1S/C17H22ClNO2/c1-19-10-9-12-3-2-4-16(15(12)11-19)21-17(20)13-5-7-14(18)8-6-13/h5-8,12,15-16H,2-4,9-11H2,1H3/t12-,15+,16-/m1/s1. The SMILES string of the molecule is CN1CC[C@H]2CCC[C@@H](OC(=O)c3ccc(Cl)cc3)[C@H]2C1. The fourth-order valence-electron chi connectivity index (χ4n) is 3.71. The van der Waals surface area contributed by atoms with Gasteiger partial charge in [-0.05, 0) is 69.5 Å². The Hall–Kier alpha value is -1.06. The van der Waals surface area contributed by atoms with Gasteiger partial charge in [0.05, 0.1) is 5.56 Å². The third-order valence-corrected chi connectivity index (χ3v) is 5.14. The summed E-state index contributed by atoms with van der Waals surface area (Å²) in [7, 11) is 2.16. The summed E-state index contributed by atoms with van der Waals surface area (Å²) in [5, 5.41) is 0.637. The normalized spacial score (nSPS) is 29.7. The van der Waals surface area contributed by atoms with Crippen molar-refractivity contribution < 1.29 is 9.53 Å². The smallest absolute Gasteiger partial charge is 0.338 e. The van der Waals surface area contributed by atoms with Gasteiger partial charge in [-0.2, -0.15) is 0 Å². The minimum absolute atomic E-state index is 0.0645. The lowest BCUT2D eigenvalue weighted by Crippen LogP contribution is -2.47. The van der Waals surface area contributed by atoms with E-state index in [1.165, 1.54) is 25.8 Å². The van der Waals surface area contributed by atoms with Crippen LogP contribution in [0.4, 0.5) is 0 Å². The van der Waals surface area contributed by atoms with Gasteiger partial charge in [0.15, 0.2) is 0 Å². The lowest BCUT2D eigenvalue weighted by atomic mass is 9.73. The lowest BCUT2D eigenvalue weighted by Gasteiger charge is -2.43. The second-order valence-electron chi connectivity index (χ2n) is 6.36. The Bertz CT molecular complexity index is 502. The summed E-state index contributed by atoms with van der Waals surface area (Å²) in [4.78, 5) is 14.7. The molecule has 1 aromatic carbocycles. The molecule has 114 valence electrons. The Labute approximate surface area is 131 Å². The summed E-state index contributed by atoms with van der Waals surface area (Å²) in [6.45, 7) is 2.21. The first kappa shape index (κ1) is 14.9. The van der Waals surface area contributed by atoms with Crippen LogP contribution in [0.1, 0.15) is 36.0 Å². The zero-order valence-electron chi connectivity index (χ0n) is 12.4. The van der Waals surface area contributed by atoms with Gasteiger partial charge in [0.1, 0.15) is 6.10 Å². The second-order valence-corrected chi connectivity index (χ2v) is 6.79. The van der Waals surface area contributed by atoms with Gasteiger partial charge in [0, 0.05) is 17.5 Å². The molecule has 0 N–H and O–H groups in total. The van der Waals surface area contributed by atoms with E-state index >= 15 is 0 Å². The topological polar surface area (TPSA) is 29.5 Å². The van der Waals surface area contributed by atoms with Crippen molar-refractivity contribution in [3.63, 3.8) is 0 Å². The molecule has 21 heavy (non-hydrogen) atoms. The minimum Gasteiger partial charge on any atom is -0.458 e. The van der Waals surface area contributed by atoms with Crippen molar-refractivity contribution in [3.8, 4) is 0 Å². The van der Waals surface area contributed by atoms with Crippen LogP contribution in [0, 0.1) is 11.8 Å². The highest BCUT2D eigenvalue weighted by molar-refractivity contribution is 6.30. The summed E-state index contributed by atoms with van der Waals surface area (Å²) < 4.78 is 5.83. The number of halogens is 1. The van der Waals surface area contributed by atoms with Crippen LogP contribution >= 0.6 is 11.6 Å². The van der Waals surface area contributed by atoms with Gasteiger partial charge >= 0.3 is 5.97 Å². The van der Waals surface area contributed by atoms with Crippen LogP contribution in [0.25, 0.3) is 0 Å². The van der Waals surface area contributed by atoms with E-state index in [1.807, 2.05) is 0 Å². The zero-order chi connectivity index (χ0) is 14.8. The molecule has 4 heteroatoms. The molecule has 1 saturated carbocycles. The highest BCUT2D eigenvalue weighted by Gasteiger charge is 2.38. The summed E-state index contributed by atoms with van der Waals surface area (Å²) in [6.07, 6.45) is 4.75. The van der Waals surface area contributed by atoms with E-state index in [-0.39, 0.29) is 12.1 Å². The van der Waals surface area contributed by atoms with Crippen molar-refractivity contribution in [2.24, 2.45) is 11.8 Å². The van der Waals surface area contributed by atoms with E-state index in [2.05, 4.69) is 11.9 Å². The molecule has 0 amide bonds. The maximum atomic E-state index is 12.3. The maximum absolute atomic E-state index is 12.3. The first-order valence-electron chi connectivity index (χ1n) is 7.78. The molecule has 0 radical (unpaired) electrons. The number of hydrogen-bond acceptors (Lipinski definition) is 3. The minimum atomic E-state index is -0.217. The van der Waals surface area contributed by atoms with Gasteiger partial charge in [0.25, 0.3) is 0 Å². The van der Waals surface area contributed by atoms with Crippen molar-refractivity contribution >= 4 is 17.6 Å². The molecule has 1 aliphatic carbocycles. The summed E-state index contributed by atoms with van der Waals surface area (Å²) in [5.74, 6) is 0.997. The molecule has 1 aliphatic heterocycles. The maximum Gasteiger partial charge on any atom is 0.338 e. The highest BCUT2D eigenvalue weighted by Crippen LogP contribution is 2.37. The number of carbonyl (C=O) groups excluding carboxylic acids is 1. The Morgan fingerprint density at radius 3 is 2.76 bits per heavy atom. The van der Waals surface area contributed by atoms with Crippen molar-refractivity contribution in [1.29, 1.82) is 0 Å². The summed E-state index contributed by atoms with van der Waals surface area (Å²) in [6, 6.07) is 6.93. The van der Waals surface area contributed by atoms with E-state index in [4.69, 9.17) is 16.3 Å². The van der Waals surface area contributed by atoms with Crippen molar-refractivity contribution in [1.82, 2.24) is 4.90 Å². The predicted molar refractivity (Wildman–Crippen MR) is 83.6 cm³/mol. The number of likely N-dealkylation sites (tertiary alicyclic amines) is 1. The number of ether oxygens (including phenoxy) is 1. The third kappa shape index (κ3) is 3.41. The Balaban J connectivity index is 1.68. The number of esters is 1. The quantitative estimate of drug-likeness (QED) is 0.782. The monoisotopic (exact) mass is 307 g/mol. The molecular formula is C17H22ClNO2. The fraction of sp³-hybridized carbons (Fsp3) is 0.588. The van der Waals surface area contributed by atoms with Crippen molar-refractivity contribution in [3.05, 3.63) is 34.9 Å². The lowest BCUT2D eigenvalue weighted by molar-refractivity contribution is -0.0365. The summed E-state index contributed by atoms with van der Waals surface area (Å²) in [5.41, 5.74) is 0.589. The van der Waals surface area contributed by atoms with E-state index in [0.29, 0.717) is 16.5 Å². The van der Waals surface area contributed by atoms with Crippen LogP contribution in [-0.4, -0.2) is 37.1 Å². The number of hydrogen-bond donors (Lipinski definition) is 0. The van der Waals surface area contributed by atoms with Crippen LogP contribution in [0.3, 0.4) is 0 Å². The molecule has 0 spiro atoms. The number of nitrogens with zero attached hydrogens (tertiary/aromatic N) is 1. The van der Waals surface area contributed by atoms with E-state index in [0.717, 1.165) is 18.9 Å². The molecule has 1 saturated heterocycles. The van der Waals surface area contributed by atoms with E-state index in [9.17, 15) is 4.79 Å². The highest BCUT2D eigenvalue weighted by atomic mass is 35.5. The largest absolute Gasteiger partial charge is 0.458 e. The summed E-state index contributed by atoms with van der Waals surface area (Å²) >= 11 is 5.86. The van der Waals surface area contributed by atoms with E-state index in [1.54, 1.807) is 24.3 Å². The van der Waals surface area contributed by atoms with Crippen LogP contribution in [0.15, 0.2) is 24.3 Å². The van der Waals surface area contributed by atoms with E-state index < -0.39 is 0 Å². The molecule has 3 rings (SSSR count). The average molecular weight is 308 g/mol. The van der Waals surface area contributed by atoms with Gasteiger partial charge in [-0.1, -0.05) is 11.6 Å². The number of piperidine rings is 1. The van der Waals surface area contributed by atoms with Gasteiger partial charge in [-0.3, -0.25) is 0 Å². The molecule has 3 atom stereocenters. The van der Waals surface area contributed by atoms with Crippen molar-refractivity contribution in [2.45, 2.75) is 31.8 Å². The molecule has 2 fully saturated rings. The first-order valence-corrected chi connectivity index (χ1v) is 8.16. The van der Waals surface area contributed by atoms with Crippen LogP contribution in [0.2, 0.25) is 5.02 Å². The second kappa shape index (κ2) is 6.37. The van der Waals surface area contributed by atoms with Gasteiger partial charge < -0.3 is 9.64 Å². The third-order valence-electron chi connectivity index (χ3n) is 4.89. The molecule has 0 bridgehead atoms. The van der Waals surface area contributed by atoms with Crippen LogP contribution in [0.5, 0.6) is 0 Å². The molecule has 2 aliphatic rings. The molecule has 1 aromatic rings. The van der Waals surface area contributed by atoms with Crippen LogP contribution < -0.4 is 0 Å². The molecule has 0 unspecified atom stereocenters.